The summed E-state index contributed by atoms with van der Waals surface area (Å²) in [5, 5.41) is 12.5. The van der Waals surface area contributed by atoms with Gasteiger partial charge in [0.1, 0.15) is 11.6 Å². The highest BCUT2D eigenvalue weighted by molar-refractivity contribution is 6.02. The van der Waals surface area contributed by atoms with Crippen molar-refractivity contribution in [3.63, 3.8) is 0 Å². The molecule has 0 spiro atoms. The second-order valence-electron chi connectivity index (χ2n) is 7.06. The summed E-state index contributed by atoms with van der Waals surface area (Å²) in [6.45, 7) is 5.99. The van der Waals surface area contributed by atoms with Crippen LogP contribution in [-0.2, 0) is 4.79 Å². The molecular weight excluding hydrogens is 328 g/mol. The molecule has 5 heteroatoms. The number of methoxy groups -OCH3 is 1. The van der Waals surface area contributed by atoms with E-state index in [-0.39, 0.29) is 23.6 Å². The molecule has 1 aromatic rings. The zero-order valence-electron chi connectivity index (χ0n) is 16.0. The minimum absolute atomic E-state index is 0.0547. The molecule has 1 fully saturated rings. The molecule has 0 heterocycles. The lowest BCUT2D eigenvalue weighted by Crippen LogP contribution is -2.41. The number of hydrogen-bond acceptors (Lipinski definition) is 4. The van der Waals surface area contributed by atoms with E-state index in [1.807, 2.05) is 32.0 Å². The number of nitriles is 1. The Labute approximate surface area is 156 Å². The van der Waals surface area contributed by atoms with Gasteiger partial charge in [0.25, 0.3) is 5.91 Å². The first-order valence-corrected chi connectivity index (χ1v) is 9.22. The van der Waals surface area contributed by atoms with Crippen LogP contribution in [0.15, 0.2) is 23.8 Å². The molecule has 2 atom stereocenters. The highest BCUT2D eigenvalue weighted by atomic mass is 16.5. The van der Waals surface area contributed by atoms with Crippen LogP contribution in [0.2, 0.25) is 0 Å². The summed E-state index contributed by atoms with van der Waals surface area (Å²) in [5.41, 5.74) is 0.728. The molecule has 5 nitrogen and oxygen atoms in total. The van der Waals surface area contributed by atoms with E-state index in [1.54, 1.807) is 19.3 Å². The third-order valence-corrected chi connectivity index (χ3v) is 4.68. The molecule has 1 aromatic carbocycles. The summed E-state index contributed by atoms with van der Waals surface area (Å²) >= 11 is 0. The standard InChI is InChI=1S/C21H28N2O3/c1-14(2)26-20-16(9-7-11-19(20)25-4)12-17(13-22)21(24)23-18-10-6-5-8-15(18)3/h7,9,11-12,14-15,18H,5-6,8,10H2,1-4H3,(H,23,24)/b17-12+. The van der Waals surface area contributed by atoms with Crippen molar-refractivity contribution in [2.75, 3.05) is 7.11 Å². The number of nitrogens with zero attached hydrogens (tertiary/aromatic N) is 1. The van der Waals surface area contributed by atoms with Gasteiger partial charge in [-0.3, -0.25) is 4.79 Å². The van der Waals surface area contributed by atoms with E-state index in [4.69, 9.17) is 9.47 Å². The average Bonchev–Trinajstić information content (AvgIpc) is 2.62. The molecule has 140 valence electrons. The fourth-order valence-electron chi connectivity index (χ4n) is 3.25. The molecule has 1 amide bonds. The normalized spacial score (nSPS) is 20.4. The third-order valence-electron chi connectivity index (χ3n) is 4.68. The van der Waals surface area contributed by atoms with Gasteiger partial charge in [-0.2, -0.15) is 5.26 Å². The fraction of sp³-hybridized carbons (Fsp3) is 0.524. The van der Waals surface area contributed by atoms with Crippen molar-refractivity contribution in [2.24, 2.45) is 5.92 Å². The lowest BCUT2D eigenvalue weighted by atomic mass is 9.86. The fourth-order valence-corrected chi connectivity index (χ4v) is 3.25. The van der Waals surface area contributed by atoms with Crippen molar-refractivity contribution in [1.82, 2.24) is 5.32 Å². The number of ether oxygens (including phenoxy) is 2. The first-order chi connectivity index (χ1) is 12.5. The topological polar surface area (TPSA) is 71.3 Å². The SMILES string of the molecule is COc1cccc(/C=C(\C#N)C(=O)NC2CCCCC2C)c1OC(C)C. The Bertz CT molecular complexity index is 704. The van der Waals surface area contributed by atoms with Crippen LogP contribution >= 0.6 is 0 Å². The summed E-state index contributed by atoms with van der Waals surface area (Å²) in [6.07, 6.45) is 5.91. The van der Waals surface area contributed by atoms with E-state index < -0.39 is 0 Å². The molecule has 1 aliphatic rings. The van der Waals surface area contributed by atoms with Crippen molar-refractivity contribution >= 4 is 12.0 Å². The van der Waals surface area contributed by atoms with Gasteiger partial charge >= 0.3 is 0 Å². The Hall–Kier alpha value is -2.48. The van der Waals surface area contributed by atoms with Gasteiger partial charge in [-0.25, -0.2) is 0 Å². The highest BCUT2D eigenvalue weighted by Crippen LogP contribution is 2.33. The Morgan fingerprint density at radius 1 is 1.35 bits per heavy atom. The van der Waals surface area contributed by atoms with E-state index in [2.05, 4.69) is 12.2 Å². The van der Waals surface area contributed by atoms with Crippen LogP contribution in [0.25, 0.3) is 6.08 Å². The largest absolute Gasteiger partial charge is 0.493 e. The summed E-state index contributed by atoms with van der Waals surface area (Å²) in [4.78, 5) is 12.6. The smallest absolute Gasteiger partial charge is 0.262 e. The van der Waals surface area contributed by atoms with Crippen molar-refractivity contribution in [3.8, 4) is 17.6 Å². The number of benzene rings is 1. The first kappa shape index (κ1) is 19.8. The minimum Gasteiger partial charge on any atom is -0.493 e. The van der Waals surface area contributed by atoms with Gasteiger partial charge in [-0.15, -0.1) is 0 Å². The number of hydrogen-bond donors (Lipinski definition) is 1. The van der Waals surface area contributed by atoms with E-state index in [1.165, 1.54) is 6.42 Å². The molecule has 1 N–H and O–H groups in total. The zero-order chi connectivity index (χ0) is 19.1. The van der Waals surface area contributed by atoms with E-state index >= 15 is 0 Å². The number of rotatable bonds is 6. The first-order valence-electron chi connectivity index (χ1n) is 9.22. The maximum atomic E-state index is 12.6. The quantitative estimate of drug-likeness (QED) is 0.616. The number of nitrogens with one attached hydrogen (secondary N) is 1. The summed E-state index contributed by atoms with van der Waals surface area (Å²) in [6, 6.07) is 7.58. The van der Waals surface area contributed by atoms with E-state index in [0.29, 0.717) is 23.0 Å². The molecule has 0 aromatic heterocycles. The number of para-hydroxylation sites is 1. The lowest BCUT2D eigenvalue weighted by Gasteiger charge is -2.29. The number of carbonyl (C=O) groups excluding carboxylic acids is 1. The molecule has 2 rings (SSSR count). The van der Waals surface area contributed by atoms with Crippen molar-refractivity contribution in [1.29, 1.82) is 5.26 Å². The maximum Gasteiger partial charge on any atom is 0.262 e. The minimum atomic E-state index is -0.329. The Morgan fingerprint density at radius 3 is 2.69 bits per heavy atom. The Balaban J connectivity index is 2.27. The molecule has 1 saturated carbocycles. The van der Waals surface area contributed by atoms with Gasteiger partial charge in [0, 0.05) is 11.6 Å². The van der Waals surface area contributed by atoms with Gasteiger partial charge in [0.2, 0.25) is 0 Å². The third kappa shape index (κ3) is 5.01. The van der Waals surface area contributed by atoms with Gasteiger partial charge < -0.3 is 14.8 Å². The lowest BCUT2D eigenvalue weighted by molar-refractivity contribution is -0.118. The number of carbonyl (C=O) groups is 1. The molecule has 0 radical (unpaired) electrons. The molecule has 0 saturated heterocycles. The highest BCUT2D eigenvalue weighted by Gasteiger charge is 2.24. The second kappa shape index (κ2) is 9.28. The Morgan fingerprint density at radius 2 is 2.08 bits per heavy atom. The summed E-state index contributed by atoms with van der Waals surface area (Å²) in [7, 11) is 1.57. The monoisotopic (exact) mass is 356 g/mol. The molecule has 0 aliphatic heterocycles. The molecule has 1 aliphatic carbocycles. The van der Waals surface area contributed by atoms with Crippen molar-refractivity contribution in [3.05, 3.63) is 29.3 Å². The number of amides is 1. The van der Waals surface area contributed by atoms with Crippen LogP contribution in [0.3, 0.4) is 0 Å². The van der Waals surface area contributed by atoms with Crippen LogP contribution < -0.4 is 14.8 Å². The van der Waals surface area contributed by atoms with Gasteiger partial charge in [0.15, 0.2) is 11.5 Å². The molecule has 0 bridgehead atoms. The average molecular weight is 356 g/mol. The van der Waals surface area contributed by atoms with Gasteiger partial charge in [-0.1, -0.05) is 31.9 Å². The van der Waals surface area contributed by atoms with Crippen LogP contribution in [0.4, 0.5) is 0 Å². The van der Waals surface area contributed by atoms with Crippen molar-refractivity contribution < 1.29 is 14.3 Å². The van der Waals surface area contributed by atoms with Gasteiger partial charge in [0.05, 0.1) is 13.2 Å². The van der Waals surface area contributed by atoms with Crippen LogP contribution in [0.5, 0.6) is 11.5 Å². The van der Waals surface area contributed by atoms with E-state index in [9.17, 15) is 10.1 Å². The second-order valence-corrected chi connectivity index (χ2v) is 7.06. The van der Waals surface area contributed by atoms with Crippen molar-refractivity contribution in [2.45, 2.75) is 58.6 Å². The zero-order valence-corrected chi connectivity index (χ0v) is 16.0. The molecule has 2 unspecified atom stereocenters. The van der Waals surface area contributed by atoms with E-state index in [0.717, 1.165) is 19.3 Å². The Kier molecular flexibility index (Phi) is 7.08. The predicted molar refractivity (Wildman–Crippen MR) is 102 cm³/mol. The summed E-state index contributed by atoms with van der Waals surface area (Å²) < 4.78 is 11.2. The van der Waals surface area contributed by atoms with Crippen LogP contribution in [-0.4, -0.2) is 25.2 Å². The predicted octanol–water partition coefficient (Wildman–Crippen LogP) is 4.08. The summed E-state index contributed by atoms with van der Waals surface area (Å²) in [5.74, 6) is 1.22. The maximum absolute atomic E-state index is 12.6. The molecular formula is C21H28N2O3. The van der Waals surface area contributed by atoms with Crippen LogP contribution in [0.1, 0.15) is 52.0 Å². The van der Waals surface area contributed by atoms with Crippen LogP contribution in [0, 0.1) is 17.2 Å². The molecule has 26 heavy (non-hydrogen) atoms. The van der Waals surface area contributed by atoms with Gasteiger partial charge in [-0.05, 0) is 44.7 Å².